The van der Waals surface area contributed by atoms with Gasteiger partial charge in [-0.05, 0) is 39.7 Å². The van der Waals surface area contributed by atoms with Crippen LogP contribution in [0.3, 0.4) is 0 Å². The Morgan fingerprint density at radius 1 is 1.47 bits per heavy atom. The largest absolute Gasteiger partial charge is 0.370 e. The van der Waals surface area contributed by atoms with Crippen LogP contribution in [-0.4, -0.2) is 29.4 Å². The SMILES string of the molecule is CCC1(C(=O)NC(C)(C)CC(N)=O)CCCN1. The molecule has 1 aliphatic rings. The third-order valence-electron chi connectivity index (χ3n) is 3.35. The van der Waals surface area contributed by atoms with Gasteiger partial charge in [-0.25, -0.2) is 0 Å². The lowest BCUT2D eigenvalue weighted by molar-refractivity contribution is -0.129. The molecule has 0 radical (unpaired) electrons. The van der Waals surface area contributed by atoms with Crippen LogP contribution in [0.25, 0.3) is 0 Å². The van der Waals surface area contributed by atoms with E-state index >= 15 is 0 Å². The van der Waals surface area contributed by atoms with Crippen LogP contribution in [0.1, 0.15) is 46.5 Å². The lowest BCUT2D eigenvalue weighted by Crippen LogP contribution is -2.58. The zero-order chi connectivity index (χ0) is 13.1. The third kappa shape index (κ3) is 3.43. The van der Waals surface area contributed by atoms with Gasteiger partial charge in [0.25, 0.3) is 0 Å². The van der Waals surface area contributed by atoms with E-state index < -0.39 is 17.0 Å². The van der Waals surface area contributed by atoms with Crippen molar-refractivity contribution < 1.29 is 9.59 Å². The average molecular weight is 241 g/mol. The van der Waals surface area contributed by atoms with Crippen LogP contribution < -0.4 is 16.4 Å². The van der Waals surface area contributed by atoms with Crippen molar-refractivity contribution in [2.75, 3.05) is 6.54 Å². The van der Waals surface area contributed by atoms with Crippen LogP contribution in [-0.2, 0) is 9.59 Å². The van der Waals surface area contributed by atoms with E-state index in [2.05, 4.69) is 10.6 Å². The number of primary amides is 1. The molecule has 1 fully saturated rings. The molecule has 1 aliphatic heterocycles. The summed E-state index contributed by atoms with van der Waals surface area (Å²) in [6.07, 6.45) is 2.77. The number of hydrogen-bond acceptors (Lipinski definition) is 3. The molecular formula is C12H23N3O2. The van der Waals surface area contributed by atoms with Crippen molar-refractivity contribution in [1.82, 2.24) is 10.6 Å². The number of rotatable bonds is 5. The molecule has 1 unspecified atom stereocenters. The van der Waals surface area contributed by atoms with E-state index in [9.17, 15) is 9.59 Å². The minimum Gasteiger partial charge on any atom is -0.370 e. The fourth-order valence-electron chi connectivity index (χ4n) is 2.37. The minimum absolute atomic E-state index is 0.0243. The van der Waals surface area contributed by atoms with Gasteiger partial charge in [-0.1, -0.05) is 6.92 Å². The van der Waals surface area contributed by atoms with Gasteiger partial charge >= 0.3 is 0 Å². The van der Waals surface area contributed by atoms with Crippen molar-refractivity contribution in [1.29, 1.82) is 0 Å². The number of amides is 2. The predicted octanol–water partition coefficient (Wildman–Crippen LogP) is 0.289. The Hall–Kier alpha value is -1.10. The Morgan fingerprint density at radius 3 is 2.53 bits per heavy atom. The Labute approximate surface area is 103 Å². The average Bonchev–Trinajstić information content (AvgIpc) is 2.63. The number of nitrogens with one attached hydrogen (secondary N) is 2. The number of hydrogen-bond donors (Lipinski definition) is 3. The second-order valence-corrected chi connectivity index (χ2v) is 5.45. The molecule has 1 heterocycles. The summed E-state index contributed by atoms with van der Waals surface area (Å²) >= 11 is 0. The predicted molar refractivity (Wildman–Crippen MR) is 66.3 cm³/mol. The first-order chi connectivity index (χ1) is 7.81. The van der Waals surface area contributed by atoms with Crippen molar-refractivity contribution >= 4 is 11.8 Å². The van der Waals surface area contributed by atoms with Crippen molar-refractivity contribution in [2.45, 2.75) is 57.5 Å². The Morgan fingerprint density at radius 2 is 2.12 bits per heavy atom. The molecule has 4 N–H and O–H groups in total. The summed E-state index contributed by atoms with van der Waals surface area (Å²) in [7, 11) is 0. The topological polar surface area (TPSA) is 84.2 Å². The highest BCUT2D eigenvalue weighted by molar-refractivity contribution is 5.88. The molecule has 1 rings (SSSR count). The molecule has 1 atom stereocenters. The molecule has 1 saturated heterocycles. The van der Waals surface area contributed by atoms with Crippen molar-refractivity contribution in [3.05, 3.63) is 0 Å². The second-order valence-electron chi connectivity index (χ2n) is 5.45. The quantitative estimate of drug-likeness (QED) is 0.647. The summed E-state index contributed by atoms with van der Waals surface area (Å²) in [5.74, 6) is -0.427. The van der Waals surface area contributed by atoms with Crippen LogP contribution >= 0.6 is 0 Å². The first-order valence-corrected chi connectivity index (χ1v) is 6.17. The molecule has 0 spiro atoms. The highest BCUT2D eigenvalue weighted by atomic mass is 16.2. The molecule has 0 saturated carbocycles. The Bertz CT molecular complexity index is 307. The van der Waals surface area contributed by atoms with E-state index in [4.69, 9.17) is 5.73 Å². The summed E-state index contributed by atoms with van der Waals surface area (Å²) in [6, 6.07) is 0. The second kappa shape index (κ2) is 5.04. The molecule has 5 nitrogen and oxygen atoms in total. The minimum atomic E-state index is -0.588. The molecule has 98 valence electrons. The smallest absolute Gasteiger partial charge is 0.240 e. The zero-order valence-corrected chi connectivity index (χ0v) is 10.9. The monoisotopic (exact) mass is 241 g/mol. The number of nitrogens with two attached hydrogens (primary N) is 1. The maximum atomic E-state index is 12.3. The molecule has 0 aromatic carbocycles. The first kappa shape index (κ1) is 14.0. The van der Waals surface area contributed by atoms with Crippen LogP contribution in [0.4, 0.5) is 0 Å². The van der Waals surface area contributed by atoms with Crippen LogP contribution in [0.15, 0.2) is 0 Å². The molecule has 2 amide bonds. The van der Waals surface area contributed by atoms with Gasteiger partial charge in [0.15, 0.2) is 0 Å². The van der Waals surface area contributed by atoms with Gasteiger partial charge in [0.1, 0.15) is 0 Å². The summed E-state index contributed by atoms with van der Waals surface area (Å²) < 4.78 is 0. The van der Waals surface area contributed by atoms with Gasteiger partial charge in [-0.3, -0.25) is 9.59 Å². The normalized spacial score (nSPS) is 24.6. The standard InChI is InChI=1S/C12H23N3O2/c1-4-12(6-5-7-14-12)10(17)15-11(2,3)8-9(13)16/h14H,4-8H2,1-3H3,(H2,13,16)(H,15,17). The number of carbonyl (C=O) groups is 2. The van der Waals surface area contributed by atoms with Crippen LogP contribution in [0.5, 0.6) is 0 Å². The van der Waals surface area contributed by atoms with Crippen molar-refractivity contribution in [3.63, 3.8) is 0 Å². The molecule has 0 aromatic heterocycles. The summed E-state index contributed by atoms with van der Waals surface area (Å²) in [6.45, 7) is 6.50. The van der Waals surface area contributed by atoms with Gasteiger partial charge in [0, 0.05) is 12.0 Å². The van der Waals surface area contributed by atoms with Crippen LogP contribution in [0.2, 0.25) is 0 Å². The molecule has 17 heavy (non-hydrogen) atoms. The fourth-order valence-corrected chi connectivity index (χ4v) is 2.37. The lowest BCUT2D eigenvalue weighted by Gasteiger charge is -2.33. The molecule has 0 aromatic rings. The summed E-state index contributed by atoms with van der Waals surface area (Å²) in [4.78, 5) is 23.2. The highest BCUT2D eigenvalue weighted by Gasteiger charge is 2.41. The third-order valence-corrected chi connectivity index (χ3v) is 3.35. The highest BCUT2D eigenvalue weighted by Crippen LogP contribution is 2.24. The zero-order valence-electron chi connectivity index (χ0n) is 10.9. The van der Waals surface area contributed by atoms with E-state index in [1.807, 2.05) is 20.8 Å². The van der Waals surface area contributed by atoms with E-state index in [1.165, 1.54) is 0 Å². The molecule has 0 bridgehead atoms. The first-order valence-electron chi connectivity index (χ1n) is 6.17. The molecule has 5 heteroatoms. The maximum Gasteiger partial charge on any atom is 0.240 e. The van der Waals surface area contributed by atoms with Crippen molar-refractivity contribution in [3.8, 4) is 0 Å². The van der Waals surface area contributed by atoms with Crippen LogP contribution in [0, 0.1) is 0 Å². The van der Waals surface area contributed by atoms with E-state index in [-0.39, 0.29) is 12.3 Å². The van der Waals surface area contributed by atoms with Gasteiger partial charge in [0.05, 0.1) is 5.54 Å². The van der Waals surface area contributed by atoms with E-state index in [1.54, 1.807) is 0 Å². The Balaban J connectivity index is 2.67. The van der Waals surface area contributed by atoms with Gasteiger partial charge < -0.3 is 16.4 Å². The van der Waals surface area contributed by atoms with Crippen molar-refractivity contribution in [2.24, 2.45) is 5.73 Å². The Kier molecular flexibility index (Phi) is 4.14. The maximum absolute atomic E-state index is 12.3. The van der Waals surface area contributed by atoms with Gasteiger partial charge in [0.2, 0.25) is 11.8 Å². The number of carbonyl (C=O) groups excluding carboxylic acids is 2. The lowest BCUT2D eigenvalue weighted by atomic mass is 9.90. The fraction of sp³-hybridized carbons (Fsp3) is 0.833. The van der Waals surface area contributed by atoms with Gasteiger partial charge in [-0.15, -0.1) is 0 Å². The molecule has 0 aliphatic carbocycles. The van der Waals surface area contributed by atoms with E-state index in [0.29, 0.717) is 0 Å². The van der Waals surface area contributed by atoms with E-state index in [0.717, 1.165) is 25.8 Å². The summed E-state index contributed by atoms with van der Waals surface area (Å²) in [5, 5.41) is 6.19. The van der Waals surface area contributed by atoms with Gasteiger partial charge in [-0.2, -0.15) is 0 Å². The molecular weight excluding hydrogens is 218 g/mol. The summed E-state index contributed by atoms with van der Waals surface area (Å²) in [5.41, 5.74) is 4.12.